The van der Waals surface area contributed by atoms with Gasteiger partial charge in [-0.25, -0.2) is 0 Å². The Kier molecular flexibility index (Phi) is 6.52. The first kappa shape index (κ1) is 14.5. The Morgan fingerprint density at radius 1 is 1.41 bits per heavy atom. The van der Waals surface area contributed by atoms with Crippen molar-refractivity contribution in [2.24, 2.45) is 0 Å². The lowest BCUT2D eigenvalue weighted by Gasteiger charge is -2.32. The molecule has 0 amide bonds. The molecule has 1 rings (SSSR count). The van der Waals surface area contributed by atoms with Gasteiger partial charge in [0.25, 0.3) is 0 Å². The van der Waals surface area contributed by atoms with Crippen molar-refractivity contribution in [3.63, 3.8) is 0 Å². The van der Waals surface area contributed by atoms with E-state index in [9.17, 15) is 4.79 Å². The molecule has 0 aromatic carbocycles. The summed E-state index contributed by atoms with van der Waals surface area (Å²) in [6.07, 6.45) is 2.80. The van der Waals surface area contributed by atoms with Gasteiger partial charge in [-0.05, 0) is 32.9 Å². The van der Waals surface area contributed by atoms with Crippen LogP contribution in [-0.2, 0) is 14.3 Å². The van der Waals surface area contributed by atoms with Crippen LogP contribution in [-0.4, -0.2) is 49.3 Å². The third kappa shape index (κ3) is 4.28. The van der Waals surface area contributed by atoms with E-state index in [0.29, 0.717) is 13.0 Å². The number of likely N-dealkylation sites (N-methyl/N-ethyl adjacent to an activating group) is 1. The smallest absolute Gasteiger partial charge is 0.307 e. The molecule has 1 aliphatic rings. The van der Waals surface area contributed by atoms with Gasteiger partial charge in [-0.2, -0.15) is 0 Å². The Hall–Kier alpha value is -0.610. The summed E-state index contributed by atoms with van der Waals surface area (Å²) in [6, 6.07) is 0.173. The average molecular weight is 243 g/mol. The molecule has 4 nitrogen and oxygen atoms in total. The van der Waals surface area contributed by atoms with Crippen LogP contribution in [0.1, 0.15) is 40.0 Å². The molecule has 0 radical (unpaired) electrons. The quantitative estimate of drug-likeness (QED) is 0.639. The molecule has 1 heterocycles. The molecule has 4 heteroatoms. The Bertz CT molecular complexity index is 221. The van der Waals surface area contributed by atoms with Crippen LogP contribution in [0.5, 0.6) is 0 Å². The van der Waals surface area contributed by atoms with Gasteiger partial charge >= 0.3 is 5.97 Å². The van der Waals surface area contributed by atoms with Crippen LogP contribution >= 0.6 is 0 Å². The average Bonchev–Trinajstić information content (AvgIpc) is 2.83. The number of rotatable bonds is 7. The summed E-state index contributed by atoms with van der Waals surface area (Å²) in [5, 5.41) is 0. The maximum absolute atomic E-state index is 11.6. The lowest BCUT2D eigenvalue weighted by atomic mass is 10.0. The van der Waals surface area contributed by atoms with Crippen molar-refractivity contribution in [2.75, 3.05) is 26.3 Å². The molecule has 2 atom stereocenters. The van der Waals surface area contributed by atoms with Gasteiger partial charge in [0.15, 0.2) is 0 Å². The second-order valence-corrected chi connectivity index (χ2v) is 4.35. The number of nitrogens with zero attached hydrogens (tertiary/aromatic N) is 1. The van der Waals surface area contributed by atoms with E-state index in [2.05, 4.69) is 18.7 Å². The zero-order valence-corrected chi connectivity index (χ0v) is 11.3. The van der Waals surface area contributed by atoms with Crippen LogP contribution in [0, 0.1) is 0 Å². The summed E-state index contributed by atoms with van der Waals surface area (Å²) in [4.78, 5) is 13.9. The molecular formula is C13H25NO3. The van der Waals surface area contributed by atoms with Gasteiger partial charge in [-0.3, -0.25) is 9.69 Å². The second kappa shape index (κ2) is 7.67. The van der Waals surface area contributed by atoms with Crippen molar-refractivity contribution in [3.8, 4) is 0 Å². The molecule has 0 aliphatic carbocycles. The van der Waals surface area contributed by atoms with Crippen molar-refractivity contribution < 1.29 is 14.3 Å². The fourth-order valence-corrected chi connectivity index (χ4v) is 2.49. The summed E-state index contributed by atoms with van der Waals surface area (Å²) in [6.45, 7) is 9.26. The largest absolute Gasteiger partial charge is 0.466 e. The van der Waals surface area contributed by atoms with E-state index in [0.717, 1.165) is 32.5 Å². The summed E-state index contributed by atoms with van der Waals surface area (Å²) in [5.41, 5.74) is 0. The molecule has 1 aliphatic heterocycles. The number of carbonyl (C=O) groups is 1. The summed E-state index contributed by atoms with van der Waals surface area (Å²) >= 11 is 0. The molecule has 1 fully saturated rings. The molecule has 100 valence electrons. The summed E-state index contributed by atoms with van der Waals surface area (Å²) in [7, 11) is 0. The van der Waals surface area contributed by atoms with Gasteiger partial charge in [0.2, 0.25) is 0 Å². The minimum atomic E-state index is -0.111. The highest BCUT2D eigenvalue weighted by molar-refractivity contribution is 5.70. The molecule has 0 spiro atoms. The van der Waals surface area contributed by atoms with Crippen molar-refractivity contribution in [1.82, 2.24) is 4.90 Å². The zero-order valence-electron chi connectivity index (χ0n) is 11.3. The lowest BCUT2D eigenvalue weighted by Crippen LogP contribution is -2.44. The van der Waals surface area contributed by atoms with E-state index < -0.39 is 0 Å². The van der Waals surface area contributed by atoms with E-state index in [-0.39, 0.29) is 18.1 Å². The number of ether oxygens (including phenoxy) is 2. The first-order chi connectivity index (χ1) is 8.22. The van der Waals surface area contributed by atoms with Crippen molar-refractivity contribution in [1.29, 1.82) is 0 Å². The predicted octanol–water partition coefficient (Wildman–Crippen LogP) is 1.83. The van der Waals surface area contributed by atoms with Crippen LogP contribution in [0.3, 0.4) is 0 Å². The molecule has 0 bridgehead atoms. The summed E-state index contributed by atoms with van der Waals surface area (Å²) < 4.78 is 10.8. The van der Waals surface area contributed by atoms with Gasteiger partial charge < -0.3 is 9.47 Å². The van der Waals surface area contributed by atoms with Gasteiger partial charge in [0, 0.05) is 12.6 Å². The minimum Gasteiger partial charge on any atom is -0.466 e. The highest BCUT2D eigenvalue weighted by Gasteiger charge is 2.31. The van der Waals surface area contributed by atoms with Crippen LogP contribution < -0.4 is 0 Å². The topological polar surface area (TPSA) is 38.8 Å². The molecule has 1 saturated heterocycles. The minimum absolute atomic E-state index is 0.111. The fourth-order valence-electron chi connectivity index (χ4n) is 2.49. The van der Waals surface area contributed by atoms with Crippen molar-refractivity contribution in [3.05, 3.63) is 0 Å². The molecule has 0 aromatic rings. The third-order valence-corrected chi connectivity index (χ3v) is 3.36. The van der Waals surface area contributed by atoms with Crippen LogP contribution in [0.25, 0.3) is 0 Å². The normalized spacial score (nSPS) is 21.8. The number of hydrogen-bond donors (Lipinski definition) is 0. The lowest BCUT2D eigenvalue weighted by molar-refractivity contribution is -0.146. The summed E-state index contributed by atoms with van der Waals surface area (Å²) in [5.74, 6) is -0.111. The highest BCUT2D eigenvalue weighted by Crippen LogP contribution is 2.22. The molecule has 0 aromatic heterocycles. The molecular weight excluding hydrogens is 218 g/mol. The van der Waals surface area contributed by atoms with E-state index in [1.807, 2.05) is 6.92 Å². The van der Waals surface area contributed by atoms with Gasteiger partial charge in [-0.1, -0.05) is 13.8 Å². The Morgan fingerprint density at radius 3 is 2.59 bits per heavy atom. The number of esters is 1. The van der Waals surface area contributed by atoms with Gasteiger partial charge in [0.1, 0.15) is 0 Å². The highest BCUT2D eigenvalue weighted by atomic mass is 16.5. The Balaban J connectivity index is 2.60. The number of hydrogen-bond acceptors (Lipinski definition) is 4. The SMILES string of the molecule is CCOC(=O)CC(C1CCCO1)N(CC)CC. The van der Waals surface area contributed by atoms with Crippen molar-refractivity contribution in [2.45, 2.75) is 52.2 Å². The molecule has 0 saturated carbocycles. The van der Waals surface area contributed by atoms with Crippen LogP contribution in [0.15, 0.2) is 0 Å². The van der Waals surface area contributed by atoms with Gasteiger partial charge in [-0.15, -0.1) is 0 Å². The Labute approximate surface area is 104 Å². The standard InChI is InChI=1S/C13H25NO3/c1-4-14(5-2)11(10-13(15)16-6-3)12-8-7-9-17-12/h11-12H,4-10H2,1-3H3. The Morgan fingerprint density at radius 2 is 2.12 bits per heavy atom. The molecule has 17 heavy (non-hydrogen) atoms. The van der Waals surface area contributed by atoms with E-state index in [1.54, 1.807) is 0 Å². The monoisotopic (exact) mass is 243 g/mol. The number of carbonyl (C=O) groups excluding carboxylic acids is 1. The van der Waals surface area contributed by atoms with Gasteiger partial charge in [0.05, 0.1) is 19.1 Å². The van der Waals surface area contributed by atoms with Crippen LogP contribution in [0.2, 0.25) is 0 Å². The molecule has 0 N–H and O–H groups in total. The van der Waals surface area contributed by atoms with Crippen LogP contribution in [0.4, 0.5) is 0 Å². The molecule has 2 unspecified atom stereocenters. The fraction of sp³-hybridized carbons (Fsp3) is 0.923. The first-order valence-electron chi connectivity index (χ1n) is 6.74. The maximum atomic E-state index is 11.6. The maximum Gasteiger partial charge on any atom is 0.307 e. The zero-order chi connectivity index (χ0) is 12.7. The van der Waals surface area contributed by atoms with E-state index in [4.69, 9.17) is 9.47 Å². The van der Waals surface area contributed by atoms with E-state index in [1.165, 1.54) is 0 Å². The second-order valence-electron chi connectivity index (χ2n) is 4.35. The van der Waals surface area contributed by atoms with Crippen molar-refractivity contribution >= 4 is 5.97 Å². The third-order valence-electron chi connectivity index (χ3n) is 3.36. The predicted molar refractivity (Wildman–Crippen MR) is 66.9 cm³/mol. The van der Waals surface area contributed by atoms with E-state index >= 15 is 0 Å². The first-order valence-corrected chi connectivity index (χ1v) is 6.74.